The summed E-state index contributed by atoms with van der Waals surface area (Å²) in [4.78, 5) is 16.1. The Balaban J connectivity index is 1.81. The molecular weight excluding hydrogens is 570 g/mol. The van der Waals surface area contributed by atoms with Crippen LogP contribution < -0.4 is 24.3 Å². The Kier molecular flexibility index (Phi) is 12.0. The van der Waals surface area contributed by atoms with E-state index in [0.717, 1.165) is 49.4 Å². The molecule has 0 fully saturated rings. The van der Waals surface area contributed by atoms with Crippen LogP contribution in [-0.4, -0.2) is 87.3 Å². The van der Waals surface area contributed by atoms with E-state index < -0.39 is 11.1 Å². The normalized spacial score (nSPS) is 17.2. The summed E-state index contributed by atoms with van der Waals surface area (Å²) >= 11 is 0. The minimum absolute atomic E-state index is 0.165. The number of rotatable bonds is 16. The van der Waals surface area contributed by atoms with Crippen molar-refractivity contribution in [1.29, 1.82) is 0 Å². The number of hydroxylamine groups is 2. The van der Waals surface area contributed by atoms with Gasteiger partial charge in [-0.25, -0.2) is 0 Å². The number of hydrogen-bond acceptors (Lipinski definition) is 8. The Hall–Kier alpha value is -3.27. The molecule has 0 radical (unpaired) electrons. The smallest absolute Gasteiger partial charge is 0.248 e. The Morgan fingerprint density at radius 3 is 2.02 bits per heavy atom. The van der Waals surface area contributed by atoms with E-state index in [2.05, 4.69) is 43.2 Å². The highest BCUT2D eigenvalue weighted by molar-refractivity contribution is 5.96. The first-order valence-corrected chi connectivity index (χ1v) is 15.8. The van der Waals surface area contributed by atoms with Crippen LogP contribution in [0.15, 0.2) is 48.0 Å². The number of likely N-dealkylation sites (N-methyl/N-ethyl adjacent to an activating group) is 1. The van der Waals surface area contributed by atoms with Gasteiger partial charge in [0.25, 0.3) is 0 Å². The SMILES string of the molecule is COc1ccc(CCN(C)CCCC(CNC(=O)C2=CC(C)(C)N(O)C2(C)C)(c2ccc(OC)c(OC)c2)C(C)C)cc1OC. The van der Waals surface area contributed by atoms with Gasteiger partial charge in [-0.3, -0.25) is 4.79 Å². The summed E-state index contributed by atoms with van der Waals surface area (Å²) in [5.41, 5.74) is 1.02. The van der Waals surface area contributed by atoms with Crippen LogP contribution in [0.1, 0.15) is 65.5 Å². The van der Waals surface area contributed by atoms with Gasteiger partial charge in [0.05, 0.1) is 39.5 Å². The lowest BCUT2D eigenvalue weighted by Gasteiger charge is -2.40. The highest BCUT2D eigenvalue weighted by Crippen LogP contribution is 2.42. The summed E-state index contributed by atoms with van der Waals surface area (Å²) in [6, 6.07) is 12.1. The predicted molar refractivity (Wildman–Crippen MR) is 179 cm³/mol. The first-order valence-electron chi connectivity index (χ1n) is 15.8. The third-order valence-corrected chi connectivity index (χ3v) is 9.50. The molecule has 3 rings (SSSR count). The monoisotopic (exact) mass is 625 g/mol. The Morgan fingerprint density at radius 1 is 0.911 bits per heavy atom. The van der Waals surface area contributed by atoms with Crippen molar-refractivity contribution in [1.82, 2.24) is 15.3 Å². The second kappa shape index (κ2) is 14.9. The molecule has 1 aliphatic heterocycles. The van der Waals surface area contributed by atoms with E-state index in [1.54, 1.807) is 28.4 Å². The number of amides is 1. The van der Waals surface area contributed by atoms with E-state index >= 15 is 0 Å². The maximum atomic E-state index is 13.7. The predicted octanol–water partition coefficient (Wildman–Crippen LogP) is 5.87. The van der Waals surface area contributed by atoms with E-state index in [1.807, 2.05) is 58.0 Å². The van der Waals surface area contributed by atoms with Gasteiger partial charge in [0.1, 0.15) is 0 Å². The molecule has 0 aromatic heterocycles. The lowest BCUT2D eigenvalue weighted by Crippen LogP contribution is -2.51. The van der Waals surface area contributed by atoms with E-state index in [1.165, 1.54) is 10.6 Å². The lowest BCUT2D eigenvalue weighted by atomic mass is 9.68. The molecule has 2 N–H and O–H groups in total. The molecule has 1 heterocycles. The number of nitrogens with one attached hydrogen (secondary N) is 1. The standard InChI is InChI=1S/C36H55N3O6/c1-25(2)36(27-14-16-30(43-9)32(22-27)45-11,24-37-33(40)28-23-34(3,4)39(41)35(28,5)6)18-12-19-38(7)20-17-26-13-15-29(42-8)31(21-26)44-10/h13-16,21-23,25,41H,12,17-20,24H2,1-11H3,(H,37,40). The van der Waals surface area contributed by atoms with Gasteiger partial charge in [-0.1, -0.05) is 32.1 Å². The minimum atomic E-state index is -0.811. The van der Waals surface area contributed by atoms with Gasteiger partial charge in [0.2, 0.25) is 5.91 Å². The number of carbonyl (C=O) groups is 1. The van der Waals surface area contributed by atoms with Gasteiger partial charge >= 0.3 is 0 Å². The summed E-state index contributed by atoms with van der Waals surface area (Å²) in [6.07, 6.45) is 4.53. The molecule has 0 spiro atoms. The molecule has 0 aliphatic carbocycles. The molecule has 1 amide bonds. The number of ether oxygens (including phenoxy) is 4. The summed E-state index contributed by atoms with van der Waals surface area (Å²) < 4.78 is 22.1. The molecular formula is C36H55N3O6. The molecule has 9 nitrogen and oxygen atoms in total. The van der Waals surface area contributed by atoms with Gasteiger partial charge in [-0.2, -0.15) is 5.06 Å². The second-order valence-electron chi connectivity index (χ2n) is 13.5. The van der Waals surface area contributed by atoms with Crippen LogP contribution in [0, 0.1) is 5.92 Å². The van der Waals surface area contributed by atoms with Crippen LogP contribution in [-0.2, 0) is 16.6 Å². The fourth-order valence-electron chi connectivity index (χ4n) is 6.54. The van der Waals surface area contributed by atoms with Crippen molar-refractivity contribution in [3.63, 3.8) is 0 Å². The fraction of sp³-hybridized carbons (Fsp3) is 0.583. The van der Waals surface area contributed by atoms with Crippen molar-refractivity contribution >= 4 is 5.91 Å². The number of carbonyl (C=O) groups excluding carboxylic acids is 1. The van der Waals surface area contributed by atoms with Crippen LogP contribution >= 0.6 is 0 Å². The van der Waals surface area contributed by atoms with Crippen LogP contribution in [0.3, 0.4) is 0 Å². The minimum Gasteiger partial charge on any atom is -0.493 e. The van der Waals surface area contributed by atoms with Gasteiger partial charge in [0.15, 0.2) is 23.0 Å². The van der Waals surface area contributed by atoms with Crippen molar-refractivity contribution in [2.45, 2.75) is 77.3 Å². The highest BCUT2D eigenvalue weighted by Gasteiger charge is 2.48. The zero-order chi connectivity index (χ0) is 33.6. The molecule has 1 atom stereocenters. The van der Waals surface area contributed by atoms with Crippen molar-refractivity contribution < 1.29 is 28.9 Å². The van der Waals surface area contributed by atoms with Gasteiger partial charge in [0, 0.05) is 24.1 Å². The highest BCUT2D eigenvalue weighted by atomic mass is 16.5. The average molecular weight is 626 g/mol. The summed E-state index contributed by atoms with van der Waals surface area (Å²) in [5.74, 6) is 2.83. The van der Waals surface area contributed by atoms with Crippen molar-refractivity contribution in [3.8, 4) is 23.0 Å². The van der Waals surface area contributed by atoms with E-state index in [9.17, 15) is 10.0 Å². The second-order valence-corrected chi connectivity index (χ2v) is 13.5. The Labute approximate surface area is 270 Å². The van der Waals surface area contributed by atoms with Gasteiger partial charge < -0.3 is 34.4 Å². The fourth-order valence-corrected chi connectivity index (χ4v) is 6.54. The molecule has 45 heavy (non-hydrogen) atoms. The molecule has 2 aromatic carbocycles. The Morgan fingerprint density at radius 2 is 1.49 bits per heavy atom. The quantitative estimate of drug-likeness (QED) is 0.239. The molecule has 9 heteroatoms. The van der Waals surface area contributed by atoms with Gasteiger partial charge in [-0.15, -0.1) is 0 Å². The topological polar surface area (TPSA) is 92.7 Å². The van der Waals surface area contributed by atoms with Crippen LogP contribution in [0.25, 0.3) is 0 Å². The van der Waals surface area contributed by atoms with Crippen LogP contribution in [0.2, 0.25) is 0 Å². The first-order chi connectivity index (χ1) is 21.2. The number of methoxy groups -OCH3 is 4. The van der Waals surface area contributed by atoms with E-state index in [-0.39, 0.29) is 17.2 Å². The molecule has 1 aliphatic rings. The number of benzene rings is 2. The van der Waals surface area contributed by atoms with E-state index in [0.29, 0.717) is 23.6 Å². The maximum Gasteiger partial charge on any atom is 0.248 e. The molecule has 2 aromatic rings. The van der Waals surface area contributed by atoms with Crippen molar-refractivity contribution in [2.24, 2.45) is 5.92 Å². The average Bonchev–Trinajstić information content (AvgIpc) is 3.19. The third-order valence-electron chi connectivity index (χ3n) is 9.50. The summed E-state index contributed by atoms with van der Waals surface area (Å²) in [5, 5.41) is 15.3. The number of nitrogens with zero attached hydrogens (tertiary/aromatic N) is 2. The van der Waals surface area contributed by atoms with E-state index in [4.69, 9.17) is 18.9 Å². The Bertz CT molecular complexity index is 1340. The van der Waals surface area contributed by atoms with Gasteiger partial charge in [-0.05, 0) is 102 Å². The molecule has 0 saturated carbocycles. The van der Waals surface area contributed by atoms with Crippen molar-refractivity contribution in [2.75, 3.05) is 55.1 Å². The third kappa shape index (κ3) is 7.94. The molecule has 0 bridgehead atoms. The molecule has 1 unspecified atom stereocenters. The summed E-state index contributed by atoms with van der Waals surface area (Å²) in [6.45, 7) is 14.2. The molecule has 0 saturated heterocycles. The molecule has 250 valence electrons. The summed E-state index contributed by atoms with van der Waals surface area (Å²) in [7, 11) is 8.72. The van der Waals surface area contributed by atoms with Crippen molar-refractivity contribution in [3.05, 3.63) is 59.2 Å². The zero-order valence-electron chi connectivity index (χ0n) is 29.2. The largest absolute Gasteiger partial charge is 0.493 e. The number of hydrogen-bond donors (Lipinski definition) is 2. The zero-order valence-corrected chi connectivity index (χ0v) is 29.2. The lowest BCUT2D eigenvalue weighted by molar-refractivity contribution is -0.186. The maximum absolute atomic E-state index is 13.7. The first kappa shape index (κ1) is 36.2. The van der Waals surface area contributed by atoms with Crippen LogP contribution in [0.5, 0.6) is 23.0 Å². The van der Waals surface area contributed by atoms with Crippen LogP contribution in [0.4, 0.5) is 0 Å².